The zero-order valence-corrected chi connectivity index (χ0v) is 65.7. The monoisotopic (exact) mass is 1790 g/mol. The smallest absolute Gasteiger partial charge is 0.217 e. The quantitative estimate of drug-likeness (QED) is 0.0306. The van der Waals surface area contributed by atoms with E-state index in [1.54, 1.807) is 0 Å². The molecule has 50 atom stereocenters. The van der Waals surface area contributed by atoms with Gasteiger partial charge in [0.25, 0.3) is 0 Å². The van der Waals surface area contributed by atoms with Crippen LogP contribution in [0.25, 0.3) is 0 Å². The fourth-order valence-electron chi connectivity index (χ4n) is 15.8. The minimum absolute atomic E-state index is 0.846. The van der Waals surface area contributed by atoms with Crippen molar-refractivity contribution < 1.29 is 247 Å². The Balaban J connectivity index is 0.983. The number of aliphatic hydroxyl groups is 27. The van der Waals surface area contributed by atoms with E-state index in [-0.39, 0.29) is 0 Å². The van der Waals surface area contributed by atoms with Crippen LogP contribution in [0.15, 0.2) is 0 Å². The van der Waals surface area contributed by atoms with Gasteiger partial charge >= 0.3 is 0 Å². The van der Waals surface area contributed by atoms with Gasteiger partial charge in [0.15, 0.2) is 62.9 Å². The van der Waals surface area contributed by atoms with Crippen LogP contribution in [0.3, 0.4) is 0 Å². The summed E-state index contributed by atoms with van der Waals surface area (Å²) in [6.45, 7) is -4.83. The molecule has 0 bridgehead atoms. The average Bonchev–Trinajstić information content (AvgIpc) is 0.760. The maximum Gasteiger partial charge on any atom is 0.217 e. The second-order valence-corrected chi connectivity index (χ2v) is 31.0. The SMILES string of the molecule is CC(=O)N[C@H]1[C@H](O[C@H]2[C@H](O)[C@@H](NC(C)=O)C(O)O[C@@H]2COC2O[C@@H](C)[C@@H](O)[C@@H](O)[C@@H]2O)O[C@H](CO)[C@@H](O[C@@H]2O[C@H](CO[C@H]3O[C@H](CO)[C@@H](O)[C@H](O)[C@@H]3OC3O[C@H](CO)[C@@H](OC4O[C@H](CO)[C@H](O)[C@H](O)[C@H]4O)[C@H](O)[C@H]3NC(C)=O)[C@@H](O)[C@H](O[C@H]3O[C@H](CO)[C@@H](O)[C@H](O)[C@@H]3OC3O[C@H](CO)[C@@H](OC4O[C@H](CO)[C@H](O)[C@H](O)[C@H]4O)[C@H](O)[C@H]3NC(C)=O)[C@@H]2O)[C@@H]1O. The minimum atomic E-state index is -2.63. The van der Waals surface area contributed by atoms with Crippen molar-refractivity contribution in [2.75, 3.05) is 59.5 Å². The number of ether oxygens (including phenoxy) is 19. The Bertz CT molecular complexity index is 3290. The second-order valence-electron chi connectivity index (χ2n) is 31.0. The van der Waals surface area contributed by atoms with E-state index in [0.717, 1.165) is 27.7 Å². The predicted molar refractivity (Wildman–Crippen MR) is 375 cm³/mol. The molecule has 706 valence electrons. The Morgan fingerprint density at radius 1 is 0.230 bits per heavy atom. The fourth-order valence-corrected chi connectivity index (χ4v) is 15.8. The summed E-state index contributed by atoms with van der Waals surface area (Å²) < 4.78 is 113. The van der Waals surface area contributed by atoms with E-state index in [2.05, 4.69) is 21.3 Å². The van der Waals surface area contributed by atoms with E-state index < -0.39 is 390 Å². The van der Waals surface area contributed by atoms with Crippen molar-refractivity contribution in [2.24, 2.45) is 0 Å². The zero-order valence-electron chi connectivity index (χ0n) is 65.7. The number of hydrogen-bond donors (Lipinski definition) is 31. The Morgan fingerprint density at radius 3 is 0.893 bits per heavy atom. The molecular formula is C68H114N4O50. The first kappa shape index (κ1) is 100. The van der Waals surface area contributed by atoms with Crippen LogP contribution < -0.4 is 21.3 Å². The van der Waals surface area contributed by atoms with Gasteiger partial charge in [-0.05, 0) is 6.92 Å². The highest BCUT2D eigenvalue weighted by Gasteiger charge is 2.62. The number of hydrogen-bond acceptors (Lipinski definition) is 50. The van der Waals surface area contributed by atoms with Crippen LogP contribution in [0, 0.1) is 0 Å². The number of carbonyl (C=O) groups excluding carboxylic acids is 4. The molecular weight excluding hydrogens is 1670 g/mol. The summed E-state index contributed by atoms with van der Waals surface area (Å²) in [5.74, 6) is -3.76. The molecule has 10 heterocycles. The van der Waals surface area contributed by atoms with E-state index in [4.69, 9.17) is 90.0 Å². The molecule has 122 heavy (non-hydrogen) atoms. The maximum absolute atomic E-state index is 13.3. The van der Waals surface area contributed by atoms with Gasteiger partial charge in [0.1, 0.15) is 238 Å². The van der Waals surface area contributed by atoms with Crippen molar-refractivity contribution in [2.45, 2.75) is 341 Å². The van der Waals surface area contributed by atoms with Gasteiger partial charge in [-0.15, -0.1) is 0 Å². The lowest BCUT2D eigenvalue weighted by Crippen LogP contribution is -2.71. The molecule has 0 saturated carbocycles. The van der Waals surface area contributed by atoms with Gasteiger partial charge in [-0.1, -0.05) is 0 Å². The Morgan fingerprint density at radius 2 is 0.500 bits per heavy atom. The van der Waals surface area contributed by atoms with Crippen LogP contribution in [0.1, 0.15) is 34.6 Å². The van der Waals surface area contributed by atoms with E-state index in [1.807, 2.05) is 0 Å². The number of nitrogens with one attached hydrogen (secondary N) is 4. The molecule has 0 radical (unpaired) electrons. The first-order valence-electron chi connectivity index (χ1n) is 39.0. The molecule has 10 fully saturated rings. The molecule has 0 aromatic heterocycles. The lowest BCUT2D eigenvalue weighted by Gasteiger charge is -2.51. The third kappa shape index (κ3) is 22.0. The van der Waals surface area contributed by atoms with E-state index in [0.29, 0.717) is 0 Å². The van der Waals surface area contributed by atoms with Gasteiger partial charge in [0, 0.05) is 27.7 Å². The molecule has 10 aliphatic heterocycles. The first-order chi connectivity index (χ1) is 57.7. The van der Waals surface area contributed by atoms with E-state index >= 15 is 0 Å². The lowest BCUT2D eigenvalue weighted by molar-refractivity contribution is -0.399. The van der Waals surface area contributed by atoms with Crippen molar-refractivity contribution in [1.29, 1.82) is 0 Å². The highest BCUT2D eigenvalue weighted by atomic mass is 16.8. The van der Waals surface area contributed by atoms with Crippen molar-refractivity contribution >= 4 is 23.6 Å². The molecule has 10 rings (SSSR count). The number of rotatable bonds is 31. The summed E-state index contributed by atoms with van der Waals surface area (Å²) in [7, 11) is 0. The van der Waals surface area contributed by atoms with Gasteiger partial charge in [-0.25, -0.2) is 0 Å². The minimum Gasteiger partial charge on any atom is -0.394 e. The molecule has 10 saturated heterocycles. The Kier molecular flexibility index (Phi) is 35.8. The van der Waals surface area contributed by atoms with Crippen molar-refractivity contribution in [3.63, 3.8) is 0 Å². The van der Waals surface area contributed by atoms with Crippen LogP contribution in [0.2, 0.25) is 0 Å². The topological polar surface area (TPSA) is 838 Å². The molecule has 10 aliphatic rings. The Labute approximate surface area is 691 Å². The van der Waals surface area contributed by atoms with Crippen LogP contribution >= 0.6 is 0 Å². The lowest BCUT2D eigenvalue weighted by atomic mass is 9.93. The van der Waals surface area contributed by atoms with E-state index in [1.165, 1.54) is 6.92 Å². The summed E-state index contributed by atoms with van der Waals surface area (Å²) in [4.78, 5) is 51.6. The van der Waals surface area contributed by atoms with Crippen LogP contribution in [0.5, 0.6) is 0 Å². The van der Waals surface area contributed by atoms with Gasteiger partial charge in [0.05, 0.1) is 65.6 Å². The standard InChI is InChI=1S/C68H114N4O50/c1-15-33(84)43(94)48(99)63(106-15)104-14-28-55(39(90)29(59(103)107-28)69-16(2)80)116-60-30(70-17(3)81)40(91)54(26(12-79)112-60)119-66-51(102)56(120-68-58(47(98)37(88)23(9-76)111-68)122-62-32(72-19(5)83)42(93)53(25(11-78)114-62)118-65-50(101)45(96)35(86)21(7-74)109-65)38(89)27(115-66)13-105-67-57(46(97)36(87)22(8-75)110-67)121-61-31(71-18(4)82)41(92)52(24(10-77)113-61)117-64-49(100)44(95)34(85)20(6-73)108-64/h15,20-68,73-79,84-103H,6-14H2,1-5H3,(H,69,80)(H,70,81)(H,71,82)(H,72,83)/t15-,20+,21+,22+,23+,24+,25+,26+,27+,28+,29+,30+,31+,32+,33+,34-,35-,36+,37+,38+,39+,40+,41+,42+,43+,44-,45-,46-,47-,48-,49+,50+,51-,52+,53+,54+,55+,56-,57-,58-,59?,60-,61?,62?,63?,64?,65?,66-,67-,68+/m0/s1. The molecule has 31 N–H and O–H groups in total. The molecule has 0 aliphatic carbocycles. The predicted octanol–water partition coefficient (Wildman–Crippen LogP) is -21.2. The van der Waals surface area contributed by atoms with Gasteiger partial charge in [-0.3, -0.25) is 19.2 Å². The Hall–Kier alpha value is -3.96. The zero-order chi connectivity index (χ0) is 89.8. The summed E-state index contributed by atoms with van der Waals surface area (Å²) in [5.41, 5.74) is 0. The van der Waals surface area contributed by atoms with Gasteiger partial charge < -0.3 is 249 Å². The molecule has 0 aromatic rings. The molecule has 0 aromatic carbocycles. The van der Waals surface area contributed by atoms with Gasteiger partial charge in [0.2, 0.25) is 23.6 Å². The van der Waals surface area contributed by atoms with Gasteiger partial charge in [-0.2, -0.15) is 0 Å². The van der Waals surface area contributed by atoms with Crippen molar-refractivity contribution in [3.05, 3.63) is 0 Å². The highest BCUT2D eigenvalue weighted by Crippen LogP contribution is 2.41. The van der Waals surface area contributed by atoms with Crippen LogP contribution in [-0.2, 0) is 109 Å². The van der Waals surface area contributed by atoms with E-state index in [9.17, 15) is 157 Å². The molecule has 54 heteroatoms. The third-order valence-corrected chi connectivity index (χ3v) is 22.4. The second kappa shape index (κ2) is 43.6. The largest absolute Gasteiger partial charge is 0.394 e. The summed E-state index contributed by atoms with van der Waals surface area (Å²) in [6.07, 6.45) is -95.2. The molecule has 54 nitrogen and oxygen atoms in total. The summed E-state index contributed by atoms with van der Waals surface area (Å²) in [5, 5.41) is 310. The number of carbonyl (C=O) groups is 4. The highest BCUT2D eigenvalue weighted by molar-refractivity contribution is 5.74. The first-order valence-corrected chi connectivity index (χ1v) is 39.0. The molecule has 0 spiro atoms. The molecule has 6 unspecified atom stereocenters. The normalized spacial score (nSPS) is 49.7. The van der Waals surface area contributed by atoms with Crippen LogP contribution in [0.4, 0.5) is 0 Å². The number of amides is 4. The third-order valence-electron chi connectivity index (χ3n) is 22.4. The fraction of sp³-hybridized carbons (Fsp3) is 0.941. The van der Waals surface area contributed by atoms with Crippen molar-refractivity contribution in [3.8, 4) is 0 Å². The molecule has 4 amide bonds. The average molecular weight is 1790 g/mol. The van der Waals surface area contributed by atoms with Crippen molar-refractivity contribution in [1.82, 2.24) is 21.3 Å². The van der Waals surface area contributed by atoms with Crippen LogP contribution in [-0.4, -0.2) is 528 Å². The number of aliphatic hydroxyl groups excluding tert-OH is 27. The summed E-state index contributed by atoms with van der Waals surface area (Å²) >= 11 is 0. The summed E-state index contributed by atoms with van der Waals surface area (Å²) in [6, 6.07) is -7.69. The maximum atomic E-state index is 13.3.